The van der Waals surface area contributed by atoms with E-state index in [-0.39, 0.29) is 37.9 Å². The lowest BCUT2D eigenvalue weighted by molar-refractivity contribution is 0.00578. The fourth-order valence-electron chi connectivity index (χ4n) is 5.19. The molecule has 0 N–H and O–H groups in total. The van der Waals surface area contributed by atoms with Crippen molar-refractivity contribution in [1.82, 2.24) is 9.80 Å². The summed E-state index contributed by atoms with van der Waals surface area (Å²) in [6.45, 7) is 22.1. The van der Waals surface area contributed by atoms with Gasteiger partial charge in [-0.3, -0.25) is 0 Å². The molecule has 10 heteroatoms. The first-order chi connectivity index (χ1) is 20.2. The van der Waals surface area contributed by atoms with E-state index in [0.29, 0.717) is 19.6 Å². The van der Waals surface area contributed by atoms with Crippen LogP contribution >= 0.6 is 15.9 Å². The summed E-state index contributed by atoms with van der Waals surface area (Å²) in [5, 5.41) is 0. The first-order valence-corrected chi connectivity index (χ1v) is 16.2. The lowest BCUT2D eigenvalue weighted by Gasteiger charge is -2.32. The van der Waals surface area contributed by atoms with Crippen LogP contribution in [-0.2, 0) is 44.7 Å². The highest BCUT2D eigenvalue weighted by Crippen LogP contribution is 2.36. The van der Waals surface area contributed by atoms with Crippen LogP contribution in [0.15, 0.2) is 40.9 Å². The second-order valence-electron chi connectivity index (χ2n) is 14.8. The molecule has 0 aromatic heterocycles. The number of halogens is 1. The van der Waals surface area contributed by atoms with Crippen molar-refractivity contribution in [2.24, 2.45) is 0 Å². The highest BCUT2D eigenvalue weighted by molar-refractivity contribution is 9.10. The Morgan fingerprint density at radius 1 is 0.733 bits per heavy atom. The summed E-state index contributed by atoms with van der Waals surface area (Å²) in [4.78, 5) is 27.9. The number of amides is 2. The van der Waals surface area contributed by atoms with Crippen LogP contribution in [0, 0.1) is 0 Å². The Morgan fingerprint density at radius 2 is 1.16 bits per heavy atom. The minimum absolute atomic E-state index is 0. The number of fused-ring (bicyclic) bond motifs is 2. The molecule has 2 aromatic rings. The summed E-state index contributed by atoms with van der Waals surface area (Å²) >= 11 is 3.46. The molecule has 3 heterocycles. The van der Waals surface area contributed by atoms with Crippen LogP contribution in [0.4, 0.5) is 9.59 Å². The normalized spacial score (nSPS) is 18.5. The largest absolute Gasteiger partial charge is 0.494 e. The first-order valence-electron chi connectivity index (χ1n) is 15.4. The molecular weight excluding hydrogens is 635 g/mol. The van der Waals surface area contributed by atoms with Gasteiger partial charge in [-0.2, -0.15) is 0 Å². The zero-order chi connectivity index (χ0) is 32.7. The Balaban J connectivity index is 0.000000256. The minimum Gasteiger partial charge on any atom is -0.444 e. The number of nitrogens with zero attached hydrogens (tertiary/aromatic N) is 2. The number of carbonyl (C=O) groups is 2. The molecule has 45 heavy (non-hydrogen) atoms. The van der Waals surface area contributed by atoms with Gasteiger partial charge in [0.15, 0.2) is 0 Å². The Morgan fingerprint density at radius 3 is 1.60 bits per heavy atom. The third-order valence-electron chi connectivity index (χ3n) is 8.25. The summed E-state index contributed by atoms with van der Waals surface area (Å²) in [5.41, 5.74) is 4.26. The predicted molar refractivity (Wildman–Crippen MR) is 184 cm³/mol. The van der Waals surface area contributed by atoms with Crippen LogP contribution in [0.3, 0.4) is 0 Å². The van der Waals surface area contributed by atoms with Crippen molar-refractivity contribution in [3.05, 3.63) is 63.1 Å². The highest BCUT2D eigenvalue weighted by atomic mass is 79.9. The van der Waals surface area contributed by atoms with Gasteiger partial charge in [-0.15, -0.1) is 0 Å². The average Bonchev–Trinajstić information content (AvgIpc) is 3.12. The maximum atomic E-state index is 12.4. The third-order valence-corrected chi connectivity index (χ3v) is 8.75. The SMILES string of the molecule is C.CC(C)(C)OC(=O)N1CCc2ccc(B3OC(C)(C)C(C)(C)O3)cc2C1.CC(C)(C)OC(=O)N1CCc2ccc(Br)cc2C1. The van der Waals surface area contributed by atoms with E-state index in [1.54, 1.807) is 9.80 Å². The molecule has 1 saturated heterocycles. The first kappa shape index (κ1) is 36.9. The lowest BCUT2D eigenvalue weighted by atomic mass is 9.77. The second-order valence-corrected chi connectivity index (χ2v) is 15.7. The van der Waals surface area contributed by atoms with Crippen LogP contribution in [0.5, 0.6) is 0 Å². The van der Waals surface area contributed by atoms with Gasteiger partial charge in [0.05, 0.1) is 11.2 Å². The van der Waals surface area contributed by atoms with Crippen molar-refractivity contribution >= 4 is 40.7 Å². The highest BCUT2D eigenvalue weighted by Gasteiger charge is 2.51. The molecule has 0 saturated carbocycles. The summed E-state index contributed by atoms with van der Waals surface area (Å²) in [5.74, 6) is 0. The van der Waals surface area contributed by atoms with Crippen molar-refractivity contribution in [2.45, 2.75) is 125 Å². The fourth-order valence-corrected chi connectivity index (χ4v) is 5.60. The number of rotatable bonds is 1. The topological polar surface area (TPSA) is 77.5 Å². The second kappa shape index (κ2) is 13.7. The van der Waals surface area contributed by atoms with Gasteiger partial charge in [-0.1, -0.05) is 47.6 Å². The molecule has 0 atom stereocenters. The monoisotopic (exact) mass is 686 g/mol. The zero-order valence-electron chi connectivity index (χ0n) is 28.0. The van der Waals surface area contributed by atoms with Crippen LogP contribution in [0.25, 0.3) is 0 Å². The maximum Gasteiger partial charge on any atom is 0.494 e. The Kier molecular flexibility index (Phi) is 11.2. The summed E-state index contributed by atoms with van der Waals surface area (Å²) in [6.07, 6.45) is 1.23. The van der Waals surface area contributed by atoms with E-state index >= 15 is 0 Å². The van der Waals surface area contributed by atoms with Crippen LogP contribution in [-0.4, -0.2) is 64.6 Å². The molecule has 2 aromatic carbocycles. The summed E-state index contributed by atoms with van der Waals surface area (Å²) in [7, 11) is -0.387. The van der Waals surface area contributed by atoms with Gasteiger partial charge in [0, 0.05) is 30.7 Å². The molecule has 0 aliphatic carbocycles. The van der Waals surface area contributed by atoms with Crippen LogP contribution in [0.1, 0.15) is 98.9 Å². The average molecular weight is 688 g/mol. The van der Waals surface area contributed by atoms with Gasteiger partial charge in [0.1, 0.15) is 11.2 Å². The third kappa shape index (κ3) is 9.49. The molecule has 0 bridgehead atoms. The maximum absolute atomic E-state index is 12.4. The number of carbonyl (C=O) groups excluding carboxylic acids is 2. The number of benzene rings is 2. The molecule has 2 amide bonds. The van der Waals surface area contributed by atoms with E-state index in [1.165, 1.54) is 16.7 Å². The predicted octanol–water partition coefficient (Wildman–Crippen LogP) is 7.66. The number of hydrogen-bond acceptors (Lipinski definition) is 6. The van der Waals surface area contributed by atoms with Gasteiger partial charge in [0.25, 0.3) is 0 Å². The molecule has 0 radical (unpaired) electrons. The summed E-state index contributed by atoms with van der Waals surface area (Å²) < 4.78 is 24.3. The van der Waals surface area contributed by atoms with Crippen LogP contribution in [0.2, 0.25) is 0 Å². The van der Waals surface area contributed by atoms with E-state index in [1.807, 2.05) is 47.6 Å². The molecule has 248 valence electrons. The van der Waals surface area contributed by atoms with Crippen molar-refractivity contribution in [3.63, 3.8) is 0 Å². The minimum atomic E-state index is -0.484. The number of ether oxygens (including phenoxy) is 2. The Bertz CT molecular complexity index is 1370. The van der Waals surface area contributed by atoms with Gasteiger partial charge in [0.2, 0.25) is 0 Å². The molecule has 8 nitrogen and oxygen atoms in total. The lowest BCUT2D eigenvalue weighted by Crippen LogP contribution is -2.41. The Hall–Kier alpha value is -2.56. The molecule has 3 aliphatic rings. The van der Waals surface area contributed by atoms with Crippen molar-refractivity contribution < 1.29 is 28.4 Å². The van der Waals surface area contributed by atoms with Gasteiger partial charge in [-0.25, -0.2) is 9.59 Å². The molecular formula is C35H52BBrN2O6. The molecule has 0 spiro atoms. The van der Waals surface area contributed by atoms with E-state index < -0.39 is 11.2 Å². The fraction of sp³-hybridized carbons (Fsp3) is 0.600. The van der Waals surface area contributed by atoms with E-state index in [0.717, 1.165) is 34.9 Å². The molecule has 1 fully saturated rings. The molecule has 5 rings (SSSR count). The smallest absolute Gasteiger partial charge is 0.444 e. The molecule has 0 unspecified atom stereocenters. The van der Waals surface area contributed by atoms with Crippen LogP contribution < -0.4 is 5.46 Å². The van der Waals surface area contributed by atoms with Crippen molar-refractivity contribution in [2.75, 3.05) is 13.1 Å². The standard InChI is InChI=1S/C20H30BNO4.C14H18BrNO2.CH4/c1-18(2,3)24-17(23)22-11-10-14-8-9-16(12-15(14)13-22)21-25-19(4,5)20(6,7)26-21;1-14(2,3)18-13(17)16-7-6-10-4-5-12(15)8-11(10)9-16;/h8-9,12H,10-11,13H2,1-7H3;4-5,8H,6-7,9H2,1-3H3;1H4. The van der Waals surface area contributed by atoms with Crippen molar-refractivity contribution in [3.8, 4) is 0 Å². The van der Waals surface area contributed by atoms with Gasteiger partial charge < -0.3 is 28.6 Å². The van der Waals surface area contributed by atoms with E-state index in [4.69, 9.17) is 18.8 Å². The van der Waals surface area contributed by atoms with Crippen molar-refractivity contribution in [1.29, 1.82) is 0 Å². The summed E-state index contributed by atoms with van der Waals surface area (Å²) in [6, 6.07) is 12.5. The van der Waals surface area contributed by atoms with Gasteiger partial charge in [-0.05, 0) is 122 Å². The Labute approximate surface area is 279 Å². The quantitative estimate of drug-likeness (QED) is 0.287. The van der Waals surface area contributed by atoms with E-state index in [9.17, 15) is 9.59 Å². The zero-order valence-corrected chi connectivity index (χ0v) is 29.6. The van der Waals surface area contributed by atoms with E-state index in [2.05, 4.69) is 74.0 Å². The van der Waals surface area contributed by atoms with Gasteiger partial charge >= 0.3 is 19.3 Å². The molecule has 3 aliphatic heterocycles. The number of hydrogen-bond donors (Lipinski definition) is 0.